The van der Waals surface area contributed by atoms with Gasteiger partial charge in [-0.1, -0.05) is 30.3 Å². The minimum absolute atomic E-state index is 0.0362. The Labute approximate surface area is 176 Å². The van der Waals surface area contributed by atoms with Gasteiger partial charge in [-0.05, 0) is 60.0 Å². The van der Waals surface area contributed by atoms with Crippen LogP contribution in [0, 0.1) is 5.82 Å². The van der Waals surface area contributed by atoms with E-state index >= 15 is 0 Å². The smallest absolute Gasteiger partial charge is 0.253 e. The van der Waals surface area contributed by atoms with Gasteiger partial charge in [-0.25, -0.2) is 4.39 Å². The van der Waals surface area contributed by atoms with Crippen molar-refractivity contribution in [3.05, 3.63) is 101 Å². The van der Waals surface area contributed by atoms with Crippen LogP contribution in [0.5, 0.6) is 0 Å². The van der Waals surface area contributed by atoms with Crippen molar-refractivity contribution in [2.24, 2.45) is 0 Å². The fraction of sp³-hybridized carbons (Fsp3) is 0.250. The van der Waals surface area contributed by atoms with Crippen LogP contribution in [-0.2, 0) is 13.0 Å². The first-order valence-electron chi connectivity index (χ1n) is 9.90. The van der Waals surface area contributed by atoms with Gasteiger partial charge in [-0.15, -0.1) is 0 Å². The van der Waals surface area contributed by atoms with Gasteiger partial charge in [-0.2, -0.15) is 0 Å². The molecule has 0 aliphatic heterocycles. The van der Waals surface area contributed by atoms with E-state index in [1.54, 1.807) is 36.5 Å². The number of rotatable bonds is 9. The van der Waals surface area contributed by atoms with Crippen molar-refractivity contribution in [3.8, 4) is 0 Å². The summed E-state index contributed by atoms with van der Waals surface area (Å²) in [7, 11) is 1.78. The molecule has 3 aromatic rings. The van der Waals surface area contributed by atoms with E-state index in [0.29, 0.717) is 30.8 Å². The molecule has 1 atom stereocenters. The lowest BCUT2D eigenvalue weighted by Gasteiger charge is -2.17. The van der Waals surface area contributed by atoms with E-state index in [0.717, 1.165) is 17.5 Å². The zero-order chi connectivity index (χ0) is 21.3. The van der Waals surface area contributed by atoms with E-state index < -0.39 is 6.10 Å². The summed E-state index contributed by atoms with van der Waals surface area (Å²) in [5, 5.41) is 13.3. The lowest BCUT2D eigenvalue weighted by Crippen LogP contribution is -2.26. The average Bonchev–Trinajstić information content (AvgIpc) is 2.77. The van der Waals surface area contributed by atoms with Gasteiger partial charge in [0.15, 0.2) is 0 Å². The van der Waals surface area contributed by atoms with Gasteiger partial charge in [0.2, 0.25) is 0 Å². The van der Waals surface area contributed by atoms with Gasteiger partial charge in [0, 0.05) is 38.1 Å². The van der Waals surface area contributed by atoms with E-state index in [-0.39, 0.29) is 11.7 Å². The van der Waals surface area contributed by atoms with E-state index in [4.69, 9.17) is 0 Å². The van der Waals surface area contributed by atoms with Crippen LogP contribution >= 0.6 is 0 Å². The number of carbonyl (C=O) groups is 1. The molecule has 3 rings (SSSR count). The van der Waals surface area contributed by atoms with Crippen LogP contribution in [0.2, 0.25) is 0 Å². The third-order valence-electron chi connectivity index (χ3n) is 4.87. The first-order valence-corrected chi connectivity index (χ1v) is 9.90. The number of nitrogens with zero attached hydrogens (tertiary/aromatic N) is 2. The zero-order valence-electron chi connectivity index (χ0n) is 17.0. The average molecular weight is 407 g/mol. The number of benzene rings is 2. The highest BCUT2D eigenvalue weighted by molar-refractivity contribution is 5.94. The minimum atomic E-state index is -0.680. The van der Waals surface area contributed by atoms with Crippen LogP contribution in [-0.4, -0.2) is 41.0 Å². The Balaban J connectivity index is 1.43. The fourth-order valence-corrected chi connectivity index (χ4v) is 3.15. The number of halogens is 1. The number of pyridine rings is 1. The maximum atomic E-state index is 12.9. The third-order valence-corrected chi connectivity index (χ3v) is 4.87. The Morgan fingerprint density at radius 2 is 1.83 bits per heavy atom. The molecule has 0 unspecified atom stereocenters. The van der Waals surface area contributed by atoms with Gasteiger partial charge in [0.05, 0.1) is 6.10 Å². The Morgan fingerprint density at radius 3 is 2.50 bits per heavy atom. The molecule has 0 saturated heterocycles. The summed E-state index contributed by atoms with van der Waals surface area (Å²) in [4.78, 5) is 18.3. The molecule has 0 bridgehead atoms. The molecule has 1 amide bonds. The van der Waals surface area contributed by atoms with Crippen molar-refractivity contribution in [1.82, 2.24) is 15.2 Å². The number of aliphatic hydroxyl groups is 1. The van der Waals surface area contributed by atoms with Crippen molar-refractivity contribution < 1.29 is 14.3 Å². The molecular formula is C24H26FN3O2. The Morgan fingerprint density at radius 1 is 1.10 bits per heavy atom. The predicted molar refractivity (Wildman–Crippen MR) is 114 cm³/mol. The predicted octanol–water partition coefficient (Wildman–Crippen LogP) is 3.36. The number of hydrogen-bond acceptors (Lipinski definition) is 4. The highest BCUT2D eigenvalue weighted by Crippen LogP contribution is 2.13. The second-order valence-corrected chi connectivity index (χ2v) is 7.24. The zero-order valence-corrected chi connectivity index (χ0v) is 17.0. The summed E-state index contributed by atoms with van der Waals surface area (Å²) < 4.78 is 12.9. The lowest BCUT2D eigenvalue weighted by atomic mass is 10.1. The number of amides is 1. The molecule has 1 heterocycles. The highest BCUT2D eigenvalue weighted by atomic mass is 19.1. The monoisotopic (exact) mass is 407 g/mol. The number of nitrogens with one attached hydrogen (secondary N) is 1. The molecule has 0 aliphatic rings. The van der Waals surface area contributed by atoms with Crippen molar-refractivity contribution in [3.63, 3.8) is 0 Å². The standard InChI is InChI=1S/C24H26FN3O2/c1-28(17-19-3-2-13-26-15-19)24(30)21-6-4-18(5-7-21)12-14-27-16-23(29)20-8-10-22(25)11-9-20/h2-11,13,15,23,27,29H,12,14,16-17H2,1H3/t23-/m0/s1. The SMILES string of the molecule is CN(Cc1cccnc1)C(=O)c1ccc(CCNC[C@H](O)c2ccc(F)cc2)cc1. The van der Waals surface area contributed by atoms with Crippen LogP contribution in [0.1, 0.15) is 33.2 Å². The largest absolute Gasteiger partial charge is 0.387 e. The van der Waals surface area contributed by atoms with E-state index in [9.17, 15) is 14.3 Å². The van der Waals surface area contributed by atoms with E-state index in [1.807, 2.05) is 36.4 Å². The lowest BCUT2D eigenvalue weighted by molar-refractivity contribution is 0.0785. The number of carbonyl (C=O) groups excluding carboxylic acids is 1. The van der Waals surface area contributed by atoms with Gasteiger partial charge in [0.25, 0.3) is 5.91 Å². The van der Waals surface area contributed by atoms with Crippen LogP contribution in [0.4, 0.5) is 4.39 Å². The summed E-state index contributed by atoms with van der Waals surface area (Å²) in [5.74, 6) is -0.352. The highest BCUT2D eigenvalue weighted by Gasteiger charge is 2.12. The summed E-state index contributed by atoms with van der Waals surface area (Å²) in [5.41, 5.74) is 3.41. The van der Waals surface area contributed by atoms with E-state index in [2.05, 4.69) is 10.3 Å². The topological polar surface area (TPSA) is 65.5 Å². The van der Waals surface area contributed by atoms with Crippen LogP contribution in [0.3, 0.4) is 0 Å². The first kappa shape index (κ1) is 21.6. The normalized spacial score (nSPS) is 11.8. The van der Waals surface area contributed by atoms with E-state index in [1.165, 1.54) is 12.1 Å². The number of aliphatic hydroxyl groups excluding tert-OH is 1. The molecule has 0 saturated carbocycles. The minimum Gasteiger partial charge on any atom is -0.387 e. The summed E-state index contributed by atoms with van der Waals surface area (Å²) in [6.07, 6.45) is 3.56. The fourth-order valence-electron chi connectivity index (χ4n) is 3.15. The molecule has 6 heteroatoms. The van der Waals surface area contributed by atoms with Crippen LogP contribution in [0.15, 0.2) is 73.1 Å². The molecular weight excluding hydrogens is 381 g/mol. The van der Waals surface area contributed by atoms with Crippen molar-refractivity contribution in [2.45, 2.75) is 19.1 Å². The van der Waals surface area contributed by atoms with Gasteiger partial charge < -0.3 is 15.3 Å². The summed E-state index contributed by atoms with van der Waals surface area (Å²) in [6, 6.07) is 17.2. The molecule has 2 N–H and O–H groups in total. The van der Waals surface area contributed by atoms with Crippen molar-refractivity contribution in [2.75, 3.05) is 20.1 Å². The Kier molecular flexibility index (Phi) is 7.65. The Bertz CT molecular complexity index is 931. The molecule has 0 aliphatic carbocycles. The molecule has 30 heavy (non-hydrogen) atoms. The maximum absolute atomic E-state index is 12.9. The first-order chi connectivity index (χ1) is 14.5. The van der Waals surface area contributed by atoms with Crippen molar-refractivity contribution in [1.29, 1.82) is 0 Å². The second-order valence-electron chi connectivity index (χ2n) is 7.24. The molecule has 2 aromatic carbocycles. The molecule has 1 aromatic heterocycles. The molecule has 0 fully saturated rings. The van der Waals surface area contributed by atoms with Gasteiger partial charge in [0.1, 0.15) is 5.82 Å². The molecule has 156 valence electrons. The van der Waals surface area contributed by atoms with Gasteiger partial charge in [-0.3, -0.25) is 9.78 Å². The summed E-state index contributed by atoms with van der Waals surface area (Å²) in [6.45, 7) is 1.59. The van der Waals surface area contributed by atoms with Gasteiger partial charge >= 0.3 is 0 Å². The second kappa shape index (κ2) is 10.6. The van der Waals surface area contributed by atoms with Crippen LogP contribution in [0.25, 0.3) is 0 Å². The third kappa shape index (κ3) is 6.20. The molecule has 0 radical (unpaired) electrons. The molecule has 5 nitrogen and oxygen atoms in total. The molecule has 0 spiro atoms. The maximum Gasteiger partial charge on any atom is 0.253 e. The summed E-state index contributed by atoms with van der Waals surface area (Å²) >= 11 is 0. The quantitative estimate of drug-likeness (QED) is 0.534. The number of hydrogen-bond donors (Lipinski definition) is 2. The van der Waals surface area contributed by atoms with Crippen LogP contribution < -0.4 is 5.32 Å². The Hall–Kier alpha value is -3.09. The van der Waals surface area contributed by atoms with Crippen molar-refractivity contribution >= 4 is 5.91 Å². The number of aromatic nitrogens is 1.